The van der Waals surface area contributed by atoms with Crippen LogP contribution >= 0.6 is 0 Å². The van der Waals surface area contributed by atoms with Gasteiger partial charge in [-0.05, 0) is 26.7 Å². The zero-order chi connectivity index (χ0) is 10.8. The molecule has 15 heavy (non-hydrogen) atoms. The monoisotopic (exact) mass is 207 g/mol. The maximum absolute atomic E-state index is 5.23. The molecule has 1 aromatic heterocycles. The van der Waals surface area contributed by atoms with Gasteiger partial charge in [0.1, 0.15) is 11.6 Å². The first-order valence-electron chi connectivity index (χ1n) is 5.29. The second-order valence-electron chi connectivity index (χ2n) is 4.11. The highest BCUT2D eigenvalue weighted by Crippen LogP contribution is 2.25. The van der Waals surface area contributed by atoms with E-state index in [1.165, 1.54) is 0 Å². The summed E-state index contributed by atoms with van der Waals surface area (Å²) in [5.74, 6) is 1.75. The number of methoxy groups -OCH3 is 1. The van der Waals surface area contributed by atoms with E-state index in [0.717, 1.165) is 30.2 Å². The normalized spacial score (nSPS) is 24.7. The van der Waals surface area contributed by atoms with Crippen molar-refractivity contribution in [1.29, 1.82) is 0 Å². The van der Waals surface area contributed by atoms with Gasteiger partial charge in [0.15, 0.2) is 0 Å². The van der Waals surface area contributed by atoms with Crippen LogP contribution in [0.2, 0.25) is 0 Å². The molecule has 0 radical (unpaired) electrons. The lowest BCUT2D eigenvalue weighted by molar-refractivity contribution is 0.0328. The lowest BCUT2D eigenvalue weighted by Gasteiger charge is -2.34. The maximum Gasteiger partial charge on any atom is 0.130 e. The Kier molecular flexibility index (Phi) is 2.86. The highest BCUT2D eigenvalue weighted by atomic mass is 16.5. The first-order valence-corrected chi connectivity index (χ1v) is 5.29. The molecular weight excluding hydrogens is 190 g/mol. The van der Waals surface area contributed by atoms with Crippen LogP contribution in [0.3, 0.4) is 0 Å². The summed E-state index contributed by atoms with van der Waals surface area (Å²) in [7, 11) is 1.76. The van der Waals surface area contributed by atoms with E-state index in [-0.39, 0.29) is 0 Å². The summed E-state index contributed by atoms with van der Waals surface area (Å²) in [6.45, 7) is 3.90. The fourth-order valence-electron chi connectivity index (χ4n) is 1.88. The Hall–Kier alpha value is -1.16. The minimum Gasteiger partial charge on any atom is -0.381 e. The number of nitrogens with zero attached hydrogens (tertiary/aromatic N) is 2. The van der Waals surface area contributed by atoms with E-state index in [2.05, 4.69) is 15.3 Å². The Morgan fingerprint density at radius 1 is 1.33 bits per heavy atom. The molecule has 0 saturated heterocycles. The lowest BCUT2D eigenvalue weighted by Crippen LogP contribution is -2.40. The molecule has 4 heteroatoms. The Labute approximate surface area is 90.1 Å². The van der Waals surface area contributed by atoms with Crippen LogP contribution in [-0.2, 0) is 4.74 Å². The van der Waals surface area contributed by atoms with Gasteiger partial charge < -0.3 is 10.1 Å². The second-order valence-corrected chi connectivity index (χ2v) is 4.11. The Morgan fingerprint density at radius 3 is 2.67 bits per heavy atom. The third-order valence-corrected chi connectivity index (χ3v) is 2.75. The van der Waals surface area contributed by atoms with Crippen molar-refractivity contribution in [2.75, 3.05) is 12.4 Å². The zero-order valence-corrected chi connectivity index (χ0v) is 9.45. The fourth-order valence-corrected chi connectivity index (χ4v) is 1.88. The van der Waals surface area contributed by atoms with Gasteiger partial charge in [-0.3, -0.25) is 0 Å². The number of rotatable bonds is 3. The van der Waals surface area contributed by atoms with E-state index in [1.54, 1.807) is 7.11 Å². The van der Waals surface area contributed by atoms with Crippen LogP contribution in [0.4, 0.5) is 5.82 Å². The molecule has 1 saturated carbocycles. The molecule has 1 heterocycles. The van der Waals surface area contributed by atoms with E-state index in [4.69, 9.17) is 4.74 Å². The Balaban J connectivity index is 1.94. The predicted molar refractivity (Wildman–Crippen MR) is 58.9 cm³/mol. The van der Waals surface area contributed by atoms with Gasteiger partial charge in [-0.1, -0.05) is 0 Å². The predicted octanol–water partition coefficient (Wildman–Crippen LogP) is 1.68. The quantitative estimate of drug-likeness (QED) is 0.819. The SMILES string of the molecule is COC1CC(Nc2cc(C)nc(C)n2)C1. The molecule has 1 aliphatic rings. The topological polar surface area (TPSA) is 47.0 Å². The highest BCUT2D eigenvalue weighted by molar-refractivity contribution is 5.37. The molecule has 82 valence electrons. The van der Waals surface area contributed by atoms with Crippen molar-refractivity contribution in [2.24, 2.45) is 0 Å². The van der Waals surface area contributed by atoms with Gasteiger partial charge in [-0.15, -0.1) is 0 Å². The standard InChI is InChI=1S/C11H17N3O/c1-7-4-11(13-8(2)12-7)14-9-5-10(6-9)15-3/h4,9-10H,5-6H2,1-3H3,(H,12,13,14). The number of ether oxygens (including phenoxy) is 1. The number of aromatic nitrogens is 2. The van der Waals surface area contributed by atoms with Crippen LogP contribution in [-0.4, -0.2) is 29.2 Å². The molecule has 1 aliphatic carbocycles. The molecule has 0 aliphatic heterocycles. The number of hydrogen-bond donors (Lipinski definition) is 1. The van der Waals surface area contributed by atoms with Gasteiger partial charge >= 0.3 is 0 Å². The second kappa shape index (κ2) is 4.14. The van der Waals surface area contributed by atoms with Crippen molar-refractivity contribution in [2.45, 2.75) is 38.8 Å². The van der Waals surface area contributed by atoms with Gasteiger partial charge in [0.25, 0.3) is 0 Å². The molecular formula is C11H17N3O. The molecule has 1 fully saturated rings. The average Bonchev–Trinajstić information content (AvgIpc) is 2.08. The number of nitrogens with one attached hydrogen (secondary N) is 1. The molecule has 0 bridgehead atoms. The Bertz CT molecular complexity index is 327. The minimum absolute atomic E-state index is 0.423. The van der Waals surface area contributed by atoms with Crippen LogP contribution < -0.4 is 5.32 Å². The summed E-state index contributed by atoms with van der Waals surface area (Å²) in [4.78, 5) is 8.58. The van der Waals surface area contributed by atoms with Crippen LogP contribution in [0.5, 0.6) is 0 Å². The minimum atomic E-state index is 0.423. The van der Waals surface area contributed by atoms with Crippen LogP contribution in [0.15, 0.2) is 6.07 Å². The largest absolute Gasteiger partial charge is 0.381 e. The summed E-state index contributed by atoms with van der Waals surface area (Å²) >= 11 is 0. The zero-order valence-electron chi connectivity index (χ0n) is 9.45. The van der Waals surface area contributed by atoms with E-state index in [9.17, 15) is 0 Å². The molecule has 0 spiro atoms. The Morgan fingerprint density at radius 2 is 2.07 bits per heavy atom. The van der Waals surface area contributed by atoms with Crippen molar-refractivity contribution >= 4 is 5.82 Å². The van der Waals surface area contributed by atoms with E-state index in [0.29, 0.717) is 12.1 Å². The van der Waals surface area contributed by atoms with Crippen molar-refractivity contribution < 1.29 is 4.74 Å². The summed E-state index contributed by atoms with van der Waals surface area (Å²) in [5.41, 5.74) is 1.01. The molecule has 0 unspecified atom stereocenters. The summed E-state index contributed by atoms with van der Waals surface area (Å²) in [5, 5.41) is 3.39. The van der Waals surface area contributed by atoms with Crippen LogP contribution in [0, 0.1) is 13.8 Å². The molecule has 0 aromatic carbocycles. The van der Waals surface area contributed by atoms with Gasteiger partial charge in [0.05, 0.1) is 6.10 Å². The average molecular weight is 207 g/mol. The highest BCUT2D eigenvalue weighted by Gasteiger charge is 2.28. The summed E-state index contributed by atoms with van der Waals surface area (Å²) < 4.78 is 5.23. The van der Waals surface area contributed by atoms with Crippen molar-refractivity contribution in [3.05, 3.63) is 17.6 Å². The van der Waals surface area contributed by atoms with Gasteiger partial charge in [0.2, 0.25) is 0 Å². The van der Waals surface area contributed by atoms with Gasteiger partial charge in [-0.2, -0.15) is 0 Å². The van der Waals surface area contributed by atoms with Crippen LogP contribution in [0.1, 0.15) is 24.4 Å². The van der Waals surface area contributed by atoms with Gasteiger partial charge in [0, 0.05) is 24.9 Å². The molecule has 0 atom stereocenters. The van der Waals surface area contributed by atoms with E-state index < -0.39 is 0 Å². The molecule has 1 aromatic rings. The summed E-state index contributed by atoms with van der Waals surface area (Å²) in [6.07, 6.45) is 2.56. The van der Waals surface area contributed by atoms with E-state index >= 15 is 0 Å². The molecule has 2 rings (SSSR count). The lowest BCUT2D eigenvalue weighted by atomic mass is 9.89. The van der Waals surface area contributed by atoms with Crippen molar-refractivity contribution in [3.8, 4) is 0 Å². The van der Waals surface area contributed by atoms with Crippen molar-refractivity contribution in [3.63, 3.8) is 0 Å². The third kappa shape index (κ3) is 2.45. The molecule has 1 N–H and O–H groups in total. The van der Waals surface area contributed by atoms with Crippen molar-refractivity contribution in [1.82, 2.24) is 9.97 Å². The van der Waals surface area contributed by atoms with Crippen LogP contribution in [0.25, 0.3) is 0 Å². The first-order chi connectivity index (χ1) is 7.17. The fraction of sp³-hybridized carbons (Fsp3) is 0.636. The number of aryl methyl sites for hydroxylation is 2. The number of anilines is 1. The van der Waals surface area contributed by atoms with E-state index in [1.807, 2.05) is 19.9 Å². The maximum atomic E-state index is 5.23. The van der Waals surface area contributed by atoms with Gasteiger partial charge in [-0.25, -0.2) is 9.97 Å². The third-order valence-electron chi connectivity index (χ3n) is 2.75. The first kappa shape index (κ1) is 10.4. The number of hydrogen-bond acceptors (Lipinski definition) is 4. The smallest absolute Gasteiger partial charge is 0.130 e. The molecule has 4 nitrogen and oxygen atoms in total. The molecule has 0 amide bonds. The summed E-state index contributed by atoms with van der Waals surface area (Å²) in [6, 6.07) is 2.48.